The van der Waals surface area contributed by atoms with E-state index in [-0.39, 0.29) is 17.9 Å². The summed E-state index contributed by atoms with van der Waals surface area (Å²) in [6.07, 6.45) is 2.96. The first-order chi connectivity index (χ1) is 14.8. The van der Waals surface area contributed by atoms with Gasteiger partial charge in [-0.3, -0.25) is 18.9 Å². The molecule has 1 atom stereocenters. The monoisotopic (exact) mass is 446 g/mol. The molecule has 2 aliphatic rings. The fourth-order valence-corrected chi connectivity index (χ4v) is 5.29. The van der Waals surface area contributed by atoms with Crippen LogP contribution in [0.5, 0.6) is 0 Å². The van der Waals surface area contributed by atoms with E-state index in [0.717, 1.165) is 62.9 Å². The largest absolute Gasteiger partial charge is 0.340 e. The topological polar surface area (TPSA) is 64.4 Å². The van der Waals surface area contributed by atoms with Crippen LogP contribution in [0, 0.1) is 5.92 Å². The number of carbonyl (C=O) groups is 2. The van der Waals surface area contributed by atoms with Crippen LogP contribution in [0.25, 0.3) is 4.96 Å². The molecule has 0 saturated carbocycles. The number of piperazine rings is 1. The summed E-state index contributed by atoms with van der Waals surface area (Å²) in [5.41, 5.74) is 1.44. The van der Waals surface area contributed by atoms with Crippen molar-refractivity contribution in [3.8, 4) is 0 Å². The number of aromatic nitrogens is 2. The number of likely N-dealkylation sites (N-methyl/N-ethyl adjacent to an activating group) is 1. The van der Waals surface area contributed by atoms with Crippen molar-refractivity contribution in [2.45, 2.75) is 39.8 Å². The second-order valence-corrected chi connectivity index (χ2v) is 10.1. The second kappa shape index (κ2) is 9.26. The van der Waals surface area contributed by atoms with Crippen molar-refractivity contribution in [1.82, 2.24) is 29.0 Å². The SMILES string of the molecule is CC(C)CN1CCN(Cc2c(C(=O)N3CCCN(C)CC3)nc3sccn23)[C@@H](C)C1=O. The van der Waals surface area contributed by atoms with Crippen LogP contribution >= 0.6 is 11.3 Å². The molecule has 0 unspecified atom stereocenters. The van der Waals surface area contributed by atoms with Gasteiger partial charge in [0.05, 0.1) is 11.7 Å². The van der Waals surface area contributed by atoms with Crippen molar-refractivity contribution in [1.29, 1.82) is 0 Å². The molecule has 9 heteroatoms. The molecule has 2 aromatic rings. The molecule has 4 heterocycles. The number of hydrogen-bond acceptors (Lipinski definition) is 6. The van der Waals surface area contributed by atoms with Crippen LogP contribution in [-0.2, 0) is 11.3 Å². The van der Waals surface area contributed by atoms with Crippen molar-refractivity contribution in [2.24, 2.45) is 5.92 Å². The maximum Gasteiger partial charge on any atom is 0.274 e. The zero-order valence-electron chi connectivity index (χ0n) is 19.1. The van der Waals surface area contributed by atoms with E-state index in [4.69, 9.17) is 4.98 Å². The minimum atomic E-state index is -0.202. The third-order valence-electron chi connectivity index (χ3n) is 6.38. The lowest BCUT2D eigenvalue weighted by atomic mass is 10.1. The summed E-state index contributed by atoms with van der Waals surface area (Å²) in [7, 11) is 2.10. The van der Waals surface area contributed by atoms with Gasteiger partial charge in [0.25, 0.3) is 5.91 Å². The van der Waals surface area contributed by atoms with Gasteiger partial charge < -0.3 is 14.7 Å². The highest BCUT2D eigenvalue weighted by molar-refractivity contribution is 7.15. The van der Waals surface area contributed by atoms with Gasteiger partial charge in [-0.2, -0.15) is 0 Å². The van der Waals surface area contributed by atoms with Crippen LogP contribution in [0.4, 0.5) is 0 Å². The zero-order valence-corrected chi connectivity index (χ0v) is 19.9. The molecule has 0 bridgehead atoms. The molecule has 4 rings (SSSR count). The number of carbonyl (C=O) groups excluding carboxylic acids is 2. The summed E-state index contributed by atoms with van der Waals surface area (Å²) in [5, 5.41) is 2.00. The maximum absolute atomic E-state index is 13.5. The summed E-state index contributed by atoms with van der Waals surface area (Å²) < 4.78 is 2.03. The summed E-state index contributed by atoms with van der Waals surface area (Å²) in [6.45, 7) is 12.5. The highest BCUT2D eigenvalue weighted by Gasteiger charge is 2.34. The predicted octanol–water partition coefficient (Wildman–Crippen LogP) is 1.86. The molecule has 2 amide bonds. The lowest BCUT2D eigenvalue weighted by Gasteiger charge is -2.39. The standard InChI is InChI=1S/C22H34N6O2S/c1-16(2)14-27-11-10-26(17(3)20(27)29)15-18-19(23-22-28(18)12-13-31-22)21(30)25-7-5-6-24(4)8-9-25/h12-13,16-17H,5-11,14-15H2,1-4H3/t17-/m0/s1. The van der Waals surface area contributed by atoms with Gasteiger partial charge in [-0.15, -0.1) is 11.3 Å². The Balaban J connectivity index is 1.56. The first-order valence-electron chi connectivity index (χ1n) is 11.3. The third-order valence-corrected chi connectivity index (χ3v) is 7.14. The molecule has 2 fully saturated rings. The Morgan fingerprint density at radius 1 is 1.19 bits per heavy atom. The van der Waals surface area contributed by atoms with E-state index < -0.39 is 0 Å². The van der Waals surface area contributed by atoms with E-state index >= 15 is 0 Å². The zero-order chi connectivity index (χ0) is 22.1. The van der Waals surface area contributed by atoms with Crippen LogP contribution in [0.15, 0.2) is 11.6 Å². The molecule has 2 aromatic heterocycles. The normalized spacial score (nSPS) is 22.0. The fraction of sp³-hybridized carbons (Fsp3) is 0.682. The molecule has 0 N–H and O–H groups in total. The van der Waals surface area contributed by atoms with Gasteiger partial charge in [0.1, 0.15) is 0 Å². The molecular formula is C22H34N6O2S. The first-order valence-corrected chi connectivity index (χ1v) is 12.2. The number of nitrogens with zero attached hydrogens (tertiary/aromatic N) is 6. The summed E-state index contributed by atoms with van der Waals surface area (Å²) in [4.78, 5) is 40.3. The Bertz CT molecular complexity index is 938. The lowest BCUT2D eigenvalue weighted by molar-refractivity contribution is -0.142. The van der Waals surface area contributed by atoms with Gasteiger partial charge >= 0.3 is 0 Å². The smallest absolute Gasteiger partial charge is 0.274 e. The van der Waals surface area contributed by atoms with Crippen LogP contribution < -0.4 is 0 Å². The van der Waals surface area contributed by atoms with Crippen LogP contribution in [-0.4, -0.2) is 99.7 Å². The van der Waals surface area contributed by atoms with E-state index in [2.05, 4.69) is 30.7 Å². The Morgan fingerprint density at radius 2 is 2.00 bits per heavy atom. The lowest BCUT2D eigenvalue weighted by Crippen LogP contribution is -2.56. The van der Waals surface area contributed by atoms with Crippen LogP contribution in [0.2, 0.25) is 0 Å². The van der Waals surface area contributed by atoms with Gasteiger partial charge in [0.2, 0.25) is 5.91 Å². The van der Waals surface area contributed by atoms with E-state index in [1.165, 1.54) is 0 Å². The number of hydrogen-bond donors (Lipinski definition) is 0. The van der Waals surface area contributed by atoms with E-state index in [9.17, 15) is 9.59 Å². The van der Waals surface area contributed by atoms with Gasteiger partial charge in [0.15, 0.2) is 10.7 Å². The van der Waals surface area contributed by atoms with Crippen molar-refractivity contribution in [3.05, 3.63) is 23.0 Å². The molecule has 0 spiro atoms. The highest BCUT2D eigenvalue weighted by Crippen LogP contribution is 2.23. The minimum absolute atomic E-state index is 0.0126. The number of thiazole rings is 1. The van der Waals surface area contributed by atoms with E-state index in [0.29, 0.717) is 18.2 Å². The average molecular weight is 447 g/mol. The van der Waals surface area contributed by atoms with Crippen molar-refractivity contribution < 1.29 is 9.59 Å². The Morgan fingerprint density at radius 3 is 2.77 bits per heavy atom. The van der Waals surface area contributed by atoms with Crippen molar-refractivity contribution in [3.63, 3.8) is 0 Å². The van der Waals surface area contributed by atoms with E-state index in [1.54, 1.807) is 11.3 Å². The van der Waals surface area contributed by atoms with Gasteiger partial charge in [-0.05, 0) is 32.9 Å². The average Bonchev–Trinajstić information content (AvgIpc) is 3.24. The third kappa shape index (κ3) is 4.63. The Labute approximate surface area is 188 Å². The molecule has 31 heavy (non-hydrogen) atoms. The first kappa shape index (κ1) is 22.2. The highest BCUT2D eigenvalue weighted by atomic mass is 32.1. The summed E-state index contributed by atoms with van der Waals surface area (Å²) in [5.74, 6) is 0.646. The number of amides is 2. The molecule has 0 aromatic carbocycles. The van der Waals surface area contributed by atoms with Gasteiger partial charge in [-0.25, -0.2) is 4.98 Å². The van der Waals surface area contributed by atoms with Crippen molar-refractivity contribution in [2.75, 3.05) is 52.9 Å². The fourth-order valence-electron chi connectivity index (χ4n) is 4.56. The minimum Gasteiger partial charge on any atom is -0.340 e. The van der Waals surface area contributed by atoms with Crippen molar-refractivity contribution >= 4 is 28.1 Å². The maximum atomic E-state index is 13.5. The molecule has 2 saturated heterocycles. The number of imidazole rings is 1. The summed E-state index contributed by atoms with van der Waals surface area (Å²) >= 11 is 1.54. The van der Waals surface area contributed by atoms with E-state index in [1.807, 2.05) is 32.7 Å². The molecule has 170 valence electrons. The number of fused-ring (bicyclic) bond motifs is 1. The summed E-state index contributed by atoms with van der Waals surface area (Å²) in [6, 6.07) is -0.202. The van der Waals surface area contributed by atoms with Gasteiger partial charge in [-0.1, -0.05) is 13.8 Å². The molecule has 8 nitrogen and oxygen atoms in total. The quantitative estimate of drug-likeness (QED) is 0.702. The molecule has 0 aliphatic carbocycles. The van der Waals surface area contributed by atoms with Crippen LogP contribution in [0.3, 0.4) is 0 Å². The predicted molar refractivity (Wildman–Crippen MR) is 122 cm³/mol. The van der Waals surface area contributed by atoms with Crippen LogP contribution in [0.1, 0.15) is 43.4 Å². The molecular weight excluding hydrogens is 412 g/mol. The van der Waals surface area contributed by atoms with Gasteiger partial charge in [0, 0.05) is 57.4 Å². The second-order valence-electron chi connectivity index (χ2n) is 9.24. The Hall–Kier alpha value is -1.97. The molecule has 2 aliphatic heterocycles. The number of rotatable bonds is 5. The molecule has 0 radical (unpaired) electrons. The Kier molecular flexibility index (Phi) is 6.64.